The monoisotopic (exact) mass is 432 g/mol. The summed E-state index contributed by atoms with van der Waals surface area (Å²) in [5, 5.41) is 9.70. The van der Waals surface area contributed by atoms with Crippen molar-refractivity contribution in [1.82, 2.24) is 15.1 Å². The summed E-state index contributed by atoms with van der Waals surface area (Å²) >= 11 is 6.19. The number of benzene rings is 2. The van der Waals surface area contributed by atoms with Crippen LogP contribution in [-0.2, 0) is 7.05 Å². The maximum atomic E-state index is 14.2. The first-order valence-electron chi connectivity index (χ1n) is 9.18. The van der Waals surface area contributed by atoms with E-state index < -0.39 is 17.5 Å². The molecule has 3 aromatic rings. The molecule has 9 heteroatoms. The smallest absolute Gasteiger partial charge is 0.259 e. The van der Waals surface area contributed by atoms with Crippen molar-refractivity contribution in [3.8, 4) is 11.3 Å². The number of rotatable bonds is 6. The Morgan fingerprint density at radius 3 is 2.53 bits per heavy atom. The first-order chi connectivity index (χ1) is 14.3. The molecular weight excluding hydrogens is 414 g/mol. The van der Waals surface area contributed by atoms with Gasteiger partial charge in [0.1, 0.15) is 17.3 Å². The van der Waals surface area contributed by atoms with Gasteiger partial charge in [-0.3, -0.25) is 14.3 Å². The van der Waals surface area contributed by atoms with Crippen molar-refractivity contribution in [2.45, 2.75) is 13.3 Å². The first-order valence-corrected chi connectivity index (χ1v) is 9.56. The standard InChI is InChI=1S/C21H19ClF2N4O2/c1-3-8-25-20(29)14-7-5-13(10-17(14)22)26-21(30)16-11-28(2)27-19(16)15-6-4-12(23)9-18(15)24/h4-7,9-11H,3,8H2,1-2H3,(H,25,29)(H,26,30). The van der Waals surface area contributed by atoms with Crippen LogP contribution >= 0.6 is 11.6 Å². The van der Waals surface area contributed by atoms with Crippen molar-refractivity contribution >= 4 is 29.1 Å². The number of anilines is 1. The molecule has 156 valence electrons. The number of hydrogen-bond donors (Lipinski definition) is 2. The summed E-state index contributed by atoms with van der Waals surface area (Å²) in [6, 6.07) is 7.55. The molecule has 30 heavy (non-hydrogen) atoms. The van der Waals surface area contributed by atoms with Gasteiger partial charge in [0.2, 0.25) is 0 Å². The summed E-state index contributed by atoms with van der Waals surface area (Å²) in [7, 11) is 1.59. The quantitative estimate of drug-likeness (QED) is 0.605. The van der Waals surface area contributed by atoms with Crippen molar-refractivity contribution in [1.29, 1.82) is 0 Å². The molecule has 1 heterocycles. The summed E-state index contributed by atoms with van der Waals surface area (Å²) in [6.07, 6.45) is 2.22. The number of nitrogens with one attached hydrogen (secondary N) is 2. The molecule has 0 radical (unpaired) electrons. The molecule has 0 spiro atoms. The molecule has 2 amide bonds. The van der Waals surface area contributed by atoms with Crippen LogP contribution in [0.2, 0.25) is 5.02 Å². The van der Waals surface area contributed by atoms with E-state index in [0.29, 0.717) is 17.8 Å². The van der Waals surface area contributed by atoms with Gasteiger partial charge in [0.15, 0.2) is 0 Å². The number of nitrogens with zero attached hydrogens (tertiary/aromatic N) is 2. The maximum Gasteiger partial charge on any atom is 0.259 e. The van der Waals surface area contributed by atoms with Gasteiger partial charge in [-0.05, 0) is 36.8 Å². The minimum absolute atomic E-state index is 0.00289. The molecule has 0 aliphatic rings. The van der Waals surface area contributed by atoms with E-state index in [-0.39, 0.29) is 27.8 Å². The van der Waals surface area contributed by atoms with Gasteiger partial charge in [-0.15, -0.1) is 0 Å². The summed E-state index contributed by atoms with van der Waals surface area (Å²) in [5.41, 5.74) is 0.825. The van der Waals surface area contributed by atoms with Crippen LogP contribution in [0.5, 0.6) is 0 Å². The Morgan fingerprint density at radius 1 is 1.10 bits per heavy atom. The van der Waals surface area contributed by atoms with Crippen LogP contribution in [0.1, 0.15) is 34.1 Å². The number of hydrogen-bond acceptors (Lipinski definition) is 3. The number of carbonyl (C=O) groups excluding carboxylic acids is 2. The lowest BCUT2D eigenvalue weighted by molar-refractivity contribution is 0.0953. The second kappa shape index (κ2) is 9.04. The zero-order chi connectivity index (χ0) is 21.8. The van der Waals surface area contributed by atoms with E-state index in [0.717, 1.165) is 18.6 Å². The van der Waals surface area contributed by atoms with Crippen molar-refractivity contribution in [2.75, 3.05) is 11.9 Å². The van der Waals surface area contributed by atoms with Gasteiger partial charge in [-0.1, -0.05) is 18.5 Å². The van der Waals surface area contributed by atoms with Crippen LogP contribution in [0.15, 0.2) is 42.6 Å². The SMILES string of the molecule is CCCNC(=O)c1ccc(NC(=O)c2cn(C)nc2-c2ccc(F)cc2F)cc1Cl. The zero-order valence-corrected chi connectivity index (χ0v) is 17.1. The Kier molecular flexibility index (Phi) is 6.47. The van der Waals surface area contributed by atoms with Crippen LogP contribution in [0, 0.1) is 11.6 Å². The molecule has 0 atom stereocenters. The molecule has 0 unspecified atom stereocenters. The molecular formula is C21H19ClF2N4O2. The number of carbonyl (C=O) groups is 2. The maximum absolute atomic E-state index is 14.2. The summed E-state index contributed by atoms with van der Waals surface area (Å²) in [5.74, 6) is -2.41. The molecule has 3 rings (SSSR count). The van der Waals surface area contributed by atoms with Gasteiger partial charge < -0.3 is 10.6 Å². The lowest BCUT2D eigenvalue weighted by Crippen LogP contribution is -2.24. The normalized spacial score (nSPS) is 10.7. The topological polar surface area (TPSA) is 76.0 Å². The largest absolute Gasteiger partial charge is 0.352 e. The van der Waals surface area contributed by atoms with E-state index in [1.165, 1.54) is 29.1 Å². The molecule has 2 N–H and O–H groups in total. The molecule has 0 bridgehead atoms. The van der Waals surface area contributed by atoms with E-state index in [2.05, 4.69) is 15.7 Å². The van der Waals surface area contributed by atoms with Gasteiger partial charge >= 0.3 is 0 Å². The predicted octanol–water partition coefficient (Wildman–Crippen LogP) is 4.41. The highest BCUT2D eigenvalue weighted by molar-refractivity contribution is 6.34. The third kappa shape index (κ3) is 4.65. The molecule has 6 nitrogen and oxygen atoms in total. The molecule has 0 aliphatic heterocycles. The van der Waals surface area contributed by atoms with E-state index in [9.17, 15) is 18.4 Å². The van der Waals surface area contributed by atoms with Crippen molar-refractivity contribution < 1.29 is 18.4 Å². The lowest BCUT2D eigenvalue weighted by atomic mass is 10.1. The highest BCUT2D eigenvalue weighted by Crippen LogP contribution is 2.27. The van der Waals surface area contributed by atoms with E-state index >= 15 is 0 Å². The second-order valence-electron chi connectivity index (χ2n) is 6.59. The molecule has 0 aliphatic carbocycles. The van der Waals surface area contributed by atoms with E-state index in [1.807, 2.05) is 6.92 Å². The van der Waals surface area contributed by atoms with Gasteiger partial charge in [0, 0.05) is 37.1 Å². The van der Waals surface area contributed by atoms with Gasteiger partial charge in [0.25, 0.3) is 11.8 Å². The average molecular weight is 433 g/mol. The molecule has 1 aromatic heterocycles. The van der Waals surface area contributed by atoms with Crippen LogP contribution in [-0.4, -0.2) is 28.1 Å². The second-order valence-corrected chi connectivity index (χ2v) is 7.00. The fourth-order valence-electron chi connectivity index (χ4n) is 2.84. The molecule has 0 fully saturated rings. The minimum atomic E-state index is -0.826. The number of amides is 2. The van der Waals surface area contributed by atoms with Crippen molar-refractivity contribution in [2.24, 2.45) is 7.05 Å². The fraction of sp³-hybridized carbons (Fsp3) is 0.190. The van der Waals surface area contributed by atoms with Crippen LogP contribution in [0.3, 0.4) is 0 Å². The van der Waals surface area contributed by atoms with Crippen LogP contribution in [0.25, 0.3) is 11.3 Å². The Bertz CT molecular complexity index is 1110. The molecule has 2 aromatic carbocycles. The Hall–Kier alpha value is -3.26. The highest BCUT2D eigenvalue weighted by atomic mass is 35.5. The Labute approximate surface area is 176 Å². The highest BCUT2D eigenvalue weighted by Gasteiger charge is 2.21. The van der Waals surface area contributed by atoms with Crippen molar-refractivity contribution in [3.63, 3.8) is 0 Å². The number of aryl methyl sites for hydroxylation is 1. The van der Waals surface area contributed by atoms with Crippen LogP contribution in [0.4, 0.5) is 14.5 Å². The average Bonchev–Trinajstić information content (AvgIpc) is 3.07. The van der Waals surface area contributed by atoms with Crippen LogP contribution < -0.4 is 10.6 Å². The first kappa shape index (κ1) is 21.4. The predicted molar refractivity (Wildman–Crippen MR) is 111 cm³/mol. The minimum Gasteiger partial charge on any atom is -0.352 e. The van der Waals surface area contributed by atoms with E-state index in [4.69, 9.17) is 11.6 Å². The number of aromatic nitrogens is 2. The summed E-state index contributed by atoms with van der Waals surface area (Å²) in [6.45, 7) is 2.46. The van der Waals surface area contributed by atoms with Crippen molar-refractivity contribution in [3.05, 3.63) is 70.4 Å². The summed E-state index contributed by atoms with van der Waals surface area (Å²) < 4.78 is 28.8. The third-order valence-corrected chi connectivity index (χ3v) is 4.58. The summed E-state index contributed by atoms with van der Waals surface area (Å²) in [4.78, 5) is 24.9. The Balaban J connectivity index is 1.85. The van der Waals surface area contributed by atoms with E-state index in [1.54, 1.807) is 13.1 Å². The molecule has 0 saturated heterocycles. The third-order valence-electron chi connectivity index (χ3n) is 4.27. The molecule has 0 saturated carbocycles. The van der Waals surface area contributed by atoms with Gasteiger partial charge in [-0.25, -0.2) is 8.78 Å². The zero-order valence-electron chi connectivity index (χ0n) is 16.3. The fourth-order valence-corrected chi connectivity index (χ4v) is 3.11. The number of halogens is 3. The van der Waals surface area contributed by atoms with Gasteiger partial charge in [-0.2, -0.15) is 5.10 Å². The van der Waals surface area contributed by atoms with Gasteiger partial charge in [0.05, 0.1) is 16.1 Å². The Morgan fingerprint density at radius 2 is 1.87 bits per heavy atom. The lowest BCUT2D eigenvalue weighted by Gasteiger charge is -2.09.